The van der Waals surface area contributed by atoms with Crippen LogP contribution in [-0.4, -0.2) is 26.1 Å². The number of hydrogen-bond acceptors (Lipinski definition) is 5. The first kappa shape index (κ1) is 11.3. The molecule has 2 heterocycles. The second kappa shape index (κ2) is 4.45. The number of hydrazone groups is 1. The van der Waals surface area contributed by atoms with Gasteiger partial charge in [-0.1, -0.05) is 18.2 Å². The van der Waals surface area contributed by atoms with Crippen LogP contribution in [0.5, 0.6) is 0 Å². The summed E-state index contributed by atoms with van der Waals surface area (Å²) in [5.41, 5.74) is 5.92. The molecule has 4 N–H and O–H groups in total. The Kier molecular flexibility index (Phi) is 2.64. The molecule has 0 atom stereocenters. The predicted octanol–water partition coefficient (Wildman–Crippen LogP) is 1.23. The highest BCUT2D eigenvalue weighted by molar-refractivity contribution is 6.00. The zero-order valence-corrected chi connectivity index (χ0v) is 10.3. The molecule has 2 aromatic heterocycles. The molecule has 0 aliphatic heterocycles. The number of nitrogen functional groups attached to an aromatic ring is 1. The molecule has 0 saturated heterocycles. The van der Waals surface area contributed by atoms with Crippen molar-refractivity contribution in [1.29, 1.82) is 0 Å². The number of fused-ring (bicyclic) bond motifs is 1. The minimum absolute atomic E-state index is 0.383. The van der Waals surface area contributed by atoms with Gasteiger partial charge in [0, 0.05) is 22.2 Å². The Hall–Kier alpha value is -2.83. The average Bonchev–Trinajstić information content (AvgIpc) is 2.94. The topological polar surface area (TPSA) is 96.9 Å². The van der Waals surface area contributed by atoms with Crippen LogP contribution >= 0.6 is 0 Å². The fourth-order valence-electron chi connectivity index (χ4n) is 1.94. The smallest absolute Gasteiger partial charge is 0.263 e. The Morgan fingerprint density at radius 1 is 1.42 bits per heavy atom. The van der Waals surface area contributed by atoms with Gasteiger partial charge in [0.1, 0.15) is 6.33 Å². The fraction of sp³-hybridized carbons (Fsp3) is 0.0833. The number of H-pyrrole nitrogens is 1. The summed E-state index contributed by atoms with van der Waals surface area (Å²) in [5, 5.41) is 12.7. The Labute approximate surface area is 109 Å². The van der Waals surface area contributed by atoms with Crippen molar-refractivity contribution in [2.45, 2.75) is 6.92 Å². The van der Waals surface area contributed by atoms with Gasteiger partial charge in [0.15, 0.2) is 0 Å². The maximum absolute atomic E-state index is 5.57. The van der Waals surface area contributed by atoms with Gasteiger partial charge in [0.2, 0.25) is 0 Å². The number of para-hydroxylation sites is 1. The molecule has 7 heteroatoms. The number of nitrogens with zero attached hydrogens (tertiary/aromatic N) is 4. The summed E-state index contributed by atoms with van der Waals surface area (Å²) in [5.74, 6) is 5.95. The monoisotopic (exact) mass is 255 g/mol. The van der Waals surface area contributed by atoms with Crippen LogP contribution in [0.1, 0.15) is 11.3 Å². The molecule has 96 valence electrons. The van der Waals surface area contributed by atoms with E-state index in [9.17, 15) is 0 Å². The number of rotatable bonds is 3. The second-order valence-corrected chi connectivity index (χ2v) is 4.14. The minimum atomic E-state index is 0.383. The van der Waals surface area contributed by atoms with Gasteiger partial charge in [-0.2, -0.15) is 5.10 Å². The standard InChI is InChI=1S/C12H13N7/c1-8-10(9-4-2-3-5-11(9)16-8)6-14-17-12-18-15-7-19(12)13/h2-7,16H,13H2,1H3,(H,17,18)/b14-6+. The molecule has 1 aromatic carbocycles. The lowest BCUT2D eigenvalue weighted by molar-refractivity contribution is 0.988. The van der Waals surface area contributed by atoms with Crippen LogP contribution < -0.4 is 11.3 Å². The molecule has 0 aliphatic rings. The van der Waals surface area contributed by atoms with Crippen LogP contribution in [0, 0.1) is 6.92 Å². The molecule has 3 rings (SSSR count). The van der Waals surface area contributed by atoms with Crippen molar-refractivity contribution in [3.63, 3.8) is 0 Å². The zero-order valence-electron chi connectivity index (χ0n) is 10.3. The maximum Gasteiger partial charge on any atom is 0.263 e. The molecule has 0 amide bonds. The van der Waals surface area contributed by atoms with Crippen LogP contribution in [0.2, 0.25) is 0 Å². The number of aryl methyl sites for hydroxylation is 1. The molecule has 0 radical (unpaired) electrons. The summed E-state index contributed by atoms with van der Waals surface area (Å²) in [6.07, 6.45) is 3.14. The van der Waals surface area contributed by atoms with E-state index in [1.807, 2.05) is 31.2 Å². The summed E-state index contributed by atoms with van der Waals surface area (Å²) in [6.45, 7) is 2.01. The predicted molar refractivity (Wildman–Crippen MR) is 74.4 cm³/mol. The van der Waals surface area contributed by atoms with E-state index in [0.29, 0.717) is 5.95 Å². The van der Waals surface area contributed by atoms with Crippen LogP contribution in [-0.2, 0) is 0 Å². The molecular weight excluding hydrogens is 242 g/mol. The molecule has 0 saturated carbocycles. The van der Waals surface area contributed by atoms with Gasteiger partial charge in [-0.3, -0.25) is 0 Å². The Morgan fingerprint density at radius 3 is 3.05 bits per heavy atom. The molecule has 3 aromatic rings. The van der Waals surface area contributed by atoms with Gasteiger partial charge in [-0.05, 0) is 13.0 Å². The van der Waals surface area contributed by atoms with Gasteiger partial charge >= 0.3 is 0 Å². The highest BCUT2D eigenvalue weighted by atomic mass is 15.5. The third-order valence-corrected chi connectivity index (χ3v) is 2.87. The van der Waals surface area contributed by atoms with Crippen LogP contribution in [0.4, 0.5) is 5.95 Å². The van der Waals surface area contributed by atoms with Crippen molar-refractivity contribution in [3.05, 3.63) is 41.9 Å². The van der Waals surface area contributed by atoms with Gasteiger partial charge in [0.25, 0.3) is 5.95 Å². The van der Waals surface area contributed by atoms with E-state index in [1.54, 1.807) is 6.21 Å². The summed E-state index contributed by atoms with van der Waals surface area (Å²) in [7, 11) is 0. The summed E-state index contributed by atoms with van der Waals surface area (Å²) >= 11 is 0. The van der Waals surface area contributed by atoms with Gasteiger partial charge < -0.3 is 10.8 Å². The van der Waals surface area contributed by atoms with E-state index < -0.39 is 0 Å². The number of anilines is 1. The molecule has 0 fully saturated rings. The normalized spacial score (nSPS) is 11.4. The molecule has 0 aliphatic carbocycles. The van der Waals surface area contributed by atoms with Gasteiger partial charge in [-0.25, -0.2) is 10.1 Å². The van der Waals surface area contributed by atoms with E-state index in [0.717, 1.165) is 22.2 Å². The van der Waals surface area contributed by atoms with E-state index in [1.165, 1.54) is 11.0 Å². The molecular formula is C12H13N7. The maximum atomic E-state index is 5.57. The lowest BCUT2D eigenvalue weighted by atomic mass is 10.1. The number of aromatic amines is 1. The van der Waals surface area contributed by atoms with E-state index >= 15 is 0 Å². The number of benzene rings is 1. The zero-order chi connectivity index (χ0) is 13.2. The van der Waals surface area contributed by atoms with Crippen LogP contribution in [0.25, 0.3) is 10.9 Å². The Morgan fingerprint density at radius 2 is 2.26 bits per heavy atom. The van der Waals surface area contributed by atoms with Gasteiger partial charge in [-0.15, -0.1) is 10.2 Å². The third-order valence-electron chi connectivity index (χ3n) is 2.87. The highest BCUT2D eigenvalue weighted by Gasteiger charge is 2.05. The Balaban J connectivity index is 1.89. The SMILES string of the molecule is Cc1[nH]c2ccccc2c1/C=N/Nc1nncn1N. The number of aromatic nitrogens is 4. The molecule has 0 spiro atoms. The molecule has 0 unspecified atom stereocenters. The quantitative estimate of drug-likeness (QED) is 0.372. The first-order valence-electron chi connectivity index (χ1n) is 5.77. The molecule has 19 heavy (non-hydrogen) atoms. The number of hydrogen-bond donors (Lipinski definition) is 3. The lowest BCUT2D eigenvalue weighted by Crippen LogP contribution is -2.10. The average molecular weight is 255 g/mol. The number of nitrogens with two attached hydrogens (primary N) is 1. The fourth-order valence-corrected chi connectivity index (χ4v) is 1.94. The summed E-state index contributed by atoms with van der Waals surface area (Å²) < 4.78 is 1.26. The Bertz CT molecular complexity index is 737. The highest BCUT2D eigenvalue weighted by Crippen LogP contribution is 2.19. The summed E-state index contributed by atoms with van der Waals surface area (Å²) in [4.78, 5) is 3.31. The number of nitrogens with one attached hydrogen (secondary N) is 2. The van der Waals surface area contributed by atoms with Gasteiger partial charge in [0.05, 0.1) is 6.21 Å². The van der Waals surface area contributed by atoms with Crippen LogP contribution in [0.3, 0.4) is 0 Å². The van der Waals surface area contributed by atoms with Crippen molar-refractivity contribution in [2.75, 3.05) is 11.3 Å². The molecule has 7 nitrogen and oxygen atoms in total. The van der Waals surface area contributed by atoms with Crippen LogP contribution in [0.15, 0.2) is 35.7 Å². The van der Waals surface area contributed by atoms with Crippen molar-refractivity contribution >= 4 is 23.1 Å². The molecule has 0 bridgehead atoms. The minimum Gasteiger partial charge on any atom is -0.358 e. The third kappa shape index (κ3) is 2.01. The summed E-state index contributed by atoms with van der Waals surface area (Å²) in [6, 6.07) is 8.07. The van der Waals surface area contributed by atoms with E-state index in [-0.39, 0.29) is 0 Å². The van der Waals surface area contributed by atoms with E-state index in [2.05, 4.69) is 25.7 Å². The van der Waals surface area contributed by atoms with Crippen molar-refractivity contribution in [3.8, 4) is 0 Å². The first-order chi connectivity index (χ1) is 9.25. The second-order valence-electron chi connectivity index (χ2n) is 4.14. The van der Waals surface area contributed by atoms with Crippen molar-refractivity contribution in [2.24, 2.45) is 5.10 Å². The lowest BCUT2D eigenvalue weighted by Gasteiger charge is -1.97. The first-order valence-corrected chi connectivity index (χ1v) is 5.77. The van der Waals surface area contributed by atoms with Crippen molar-refractivity contribution < 1.29 is 0 Å². The largest absolute Gasteiger partial charge is 0.358 e. The van der Waals surface area contributed by atoms with Crippen molar-refractivity contribution in [1.82, 2.24) is 19.9 Å². The van der Waals surface area contributed by atoms with E-state index in [4.69, 9.17) is 5.84 Å².